The maximum atomic E-state index is 12.0. The Morgan fingerprint density at radius 1 is 1.05 bits per heavy atom. The summed E-state index contributed by atoms with van der Waals surface area (Å²) in [6, 6.07) is 19.4. The van der Waals surface area contributed by atoms with E-state index in [1.54, 1.807) is 42.5 Å². The van der Waals surface area contributed by atoms with Gasteiger partial charge in [-0.2, -0.15) is 0 Å². The third kappa shape index (κ3) is 7.03. The van der Waals surface area contributed by atoms with E-state index in [4.69, 9.17) is 16.3 Å². The molecule has 0 amide bonds. The first-order chi connectivity index (χ1) is 19.3. The number of carboxylic acid groups (broad SMARTS) is 2. The maximum absolute atomic E-state index is 12.0. The van der Waals surface area contributed by atoms with Crippen LogP contribution in [0.15, 0.2) is 71.9 Å². The van der Waals surface area contributed by atoms with Gasteiger partial charge in [0.1, 0.15) is 11.6 Å². The number of ether oxygens (including phenoxy) is 1. The summed E-state index contributed by atoms with van der Waals surface area (Å²) in [5, 5.41) is 29.1. The van der Waals surface area contributed by atoms with E-state index < -0.39 is 18.0 Å². The summed E-state index contributed by atoms with van der Waals surface area (Å²) >= 11 is 8.00. The molecule has 1 heterocycles. The third-order valence-corrected chi connectivity index (χ3v) is 7.74. The zero-order valence-electron chi connectivity index (χ0n) is 22.2. The highest BCUT2D eigenvalue weighted by molar-refractivity contribution is 7.98. The van der Waals surface area contributed by atoms with E-state index in [0.717, 1.165) is 36.2 Å². The van der Waals surface area contributed by atoms with E-state index in [1.165, 1.54) is 11.8 Å². The molecule has 0 bridgehead atoms. The van der Waals surface area contributed by atoms with Gasteiger partial charge in [0, 0.05) is 17.7 Å². The summed E-state index contributed by atoms with van der Waals surface area (Å²) in [5.74, 6) is -0.539. The molecule has 1 aromatic heterocycles. The van der Waals surface area contributed by atoms with Crippen molar-refractivity contribution in [1.29, 1.82) is 0 Å². The fraction of sp³-hybridized carbons (Fsp3) is 0.267. The first-order valence-corrected chi connectivity index (χ1v) is 14.2. The summed E-state index contributed by atoms with van der Waals surface area (Å²) in [6.07, 6.45) is 1.51. The SMILES string of the molecule is CCCCc1nnc(SCc2ccccc2C(=O)O)n1Cc1ccc(OC(C(=O)O)c2ccccc2C)c(Cl)c1. The monoisotopic (exact) mass is 579 g/mol. The van der Waals surface area contributed by atoms with E-state index in [9.17, 15) is 19.8 Å². The molecule has 0 saturated heterocycles. The van der Waals surface area contributed by atoms with Crippen molar-refractivity contribution in [2.45, 2.75) is 56.7 Å². The Labute approximate surface area is 242 Å². The molecular weight excluding hydrogens is 550 g/mol. The van der Waals surface area contributed by atoms with Gasteiger partial charge in [0.2, 0.25) is 6.10 Å². The van der Waals surface area contributed by atoms with Crippen LogP contribution in [0.1, 0.15) is 64.3 Å². The van der Waals surface area contributed by atoms with Crippen molar-refractivity contribution in [3.05, 3.63) is 105 Å². The predicted octanol–water partition coefficient (Wildman–Crippen LogP) is 6.83. The van der Waals surface area contributed by atoms with Crippen molar-refractivity contribution >= 4 is 35.3 Å². The molecule has 0 aliphatic rings. The first kappa shape index (κ1) is 29.2. The number of thioether (sulfide) groups is 1. The lowest BCUT2D eigenvalue weighted by atomic mass is 10.0. The Morgan fingerprint density at radius 3 is 2.50 bits per heavy atom. The average Bonchev–Trinajstić information content (AvgIpc) is 3.31. The topological polar surface area (TPSA) is 115 Å². The Hall–Kier alpha value is -3.82. The zero-order valence-corrected chi connectivity index (χ0v) is 23.8. The van der Waals surface area contributed by atoms with Crippen LogP contribution < -0.4 is 4.74 Å². The predicted molar refractivity (Wildman–Crippen MR) is 154 cm³/mol. The smallest absolute Gasteiger partial charge is 0.349 e. The average molecular weight is 580 g/mol. The number of aromatic carboxylic acids is 1. The number of carbonyl (C=O) groups is 2. The molecule has 2 N–H and O–H groups in total. The van der Waals surface area contributed by atoms with Crippen LogP contribution >= 0.6 is 23.4 Å². The van der Waals surface area contributed by atoms with Gasteiger partial charge in [-0.05, 0) is 48.2 Å². The van der Waals surface area contributed by atoms with Gasteiger partial charge in [-0.15, -0.1) is 10.2 Å². The number of hydrogen-bond donors (Lipinski definition) is 2. The Bertz CT molecular complexity index is 1510. The van der Waals surface area contributed by atoms with Gasteiger partial charge < -0.3 is 19.5 Å². The van der Waals surface area contributed by atoms with Crippen LogP contribution in [0.25, 0.3) is 0 Å². The fourth-order valence-corrected chi connectivity index (χ4v) is 5.49. The summed E-state index contributed by atoms with van der Waals surface area (Å²) in [7, 11) is 0. The van der Waals surface area contributed by atoms with E-state index >= 15 is 0 Å². The van der Waals surface area contributed by atoms with E-state index in [2.05, 4.69) is 17.1 Å². The molecule has 0 fully saturated rings. The molecule has 1 atom stereocenters. The summed E-state index contributed by atoms with van der Waals surface area (Å²) in [5.41, 5.74) is 3.21. The minimum atomic E-state index is -1.19. The van der Waals surface area contributed by atoms with Crippen molar-refractivity contribution in [3.8, 4) is 5.75 Å². The maximum Gasteiger partial charge on any atom is 0.349 e. The Kier molecular flexibility index (Phi) is 9.84. The van der Waals surface area contributed by atoms with Crippen molar-refractivity contribution in [3.63, 3.8) is 0 Å². The highest BCUT2D eigenvalue weighted by Gasteiger charge is 2.25. The molecule has 1 unspecified atom stereocenters. The largest absolute Gasteiger partial charge is 0.478 e. The second-order valence-electron chi connectivity index (χ2n) is 9.30. The van der Waals surface area contributed by atoms with Crippen molar-refractivity contribution in [2.24, 2.45) is 0 Å². The number of halogens is 1. The molecule has 3 aromatic carbocycles. The van der Waals surface area contributed by atoms with Crippen molar-refractivity contribution in [2.75, 3.05) is 0 Å². The van der Waals surface area contributed by atoms with Crippen LogP contribution in [0.2, 0.25) is 5.02 Å². The van der Waals surface area contributed by atoms with Gasteiger partial charge >= 0.3 is 11.9 Å². The molecule has 4 rings (SSSR count). The molecule has 10 heteroatoms. The lowest BCUT2D eigenvalue weighted by Gasteiger charge is -2.19. The summed E-state index contributed by atoms with van der Waals surface area (Å²) < 4.78 is 7.88. The van der Waals surface area contributed by atoms with E-state index in [-0.39, 0.29) is 11.3 Å². The number of aliphatic carboxylic acids is 1. The molecule has 208 valence electrons. The summed E-state index contributed by atoms with van der Waals surface area (Å²) in [6.45, 7) is 4.39. The van der Waals surface area contributed by atoms with Crippen LogP contribution in [0.4, 0.5) is 0 Å². The number of aryl methyl sites for hydroxylation is 2. The van der Waals surface area contributed by atoms with Crippen LogP contribution in [0, 0.1) is 6.92 Å². The van der Waals surface area contributed by atoms with Gasteiger partial charge in [-0.3, -0.25) is 0 Å². The molecule has 0 aliphatic carbocycles. The van der Waals surface area contributed by atoms with E-state index in [0.29, 0.717) is 33.6 Å². The zero-order chi connectivity index (χ0) is 28.6. The van der Waals surface area contributed by atoms with Crippen molar-refractivity contribution in [1.82, 2.24) is 14.8 Å². The fourth-order valence-electron chi connectivity index (χ4n) is 4.28. The molecule has 0 spiro atoms. The molecule has 0 saturated carbocycles. The second-order valence-corrected chi connectivity index (χ2v) is 10.6. The number of nitrogens with zero attached hydrogens (tertiary/aromatic N) is 3. The van der Waals surface area contributed by atoms with Gasteiger partial charge in [-0.1, -0.05) is 85.2 Å². The normalized spacial score (nSPS) is 11.8. The number of unbranched alkanes of at least 4 members (excludes halogenated alkanes) is 1. The standard InChI is InChI=1S/C30H30ClN3O5S/c1-3-4-13-26-32-33-30(40-18-21-10-6-8-12-23(21)28(35)36)34(26)17-20-14-15-25(24(31)16-20)39-27(29(37)38)22-11-7-5-9-19(22)2/h5-12,14-16,27H,3-4,13,17-18H2,1-2H3,(H,35,36)(H,37,38). The van der Waals surface area contributed by atoms with E-state index in [1.807, 2.05) is 35.8 Å². The van der Waals surface area contributed by atoms with Gasteiger partial charge in [0.05, 0.1) is 17.1 Å². The number of hydrogen-bond acceptors (Lipinski definition) is 6. The number of rotatable bonds is 13. The second kappa shape index (κ2) is 13.5. The van der Waals surface area contributed by atoms with Crippen LogP contribution in [-0.2, 0) is 23.5 Å². The number of benzene rings is 3. The molecule has 0 radical (unpaired) electrons. The molecule has 0 aliphatic heterocycles. The lowest BCUT2D eigenvalue weighted by molar-refractivity contribution is -0.145. The summed E-state index contributed by atoms with van der Waals surface area (Å²) in [4.78, 5) is 23.6. The Balaban J connectivity index is 1.56. The third-order valence-electron chi connectivity index (χ3n) is 6.43. The van der Waals surface area contributed by atoms with Crippen molar-refractivity contribution < 1.29 is 24.5 Å². The highest BCUT2D eigenvalue weighted by atomic mass is 35.5. The van der Waals surface area contributed by atoms with Crippen LogP contribution in [0.3, 0.4) is 0 Å². The van der Waals surface area contributed by atoms with Crippen LogP contribution in [0.5, 0.6) is 5.75 Å². The molecule has 40 heavy (non-hydrogen) atoms. The molecular formula is C30H30ClN3O5S. The quantitative estimate of drug-likeness (QED) is 0.166. The number of aromatic nitrogens is 3. The minimum Gasteiger partial charge on any atom is -0.478 e. The van der Waals surface area contributed by atoms with Crippen LogP contribution in [-0.4, -0.2) is 36.9 Å². The molecule has 4 aromatic rings. The minimum absolute atomic E-state index is 0.264. The Morgan fingerprint density at radius 2 is 1.80 bits per heavy atom. The van der Waals surface area contributed by atoms with Gasteiger partial charge in [0.15, 0.2) is 5.16 Å². The van der Waals surface area contributed by atoms with Gasteiger partial charge in [0.25, 0.3) is 0 Å². The van der Waals surface area contributed by atoms with Gasteiger partial charge in [-0.25, -0.2) is 9.59 Å². The molecule has 8 nitrogen and oxygen atoms in total. The number of carboxylic acids is 2. The highest BCUT2D eigenvalue weighted by Crippen LogP contribution is 2.32. The lowest BCUT2D eigenvalue weighted by Crippen LogP contribution is -2.19. The first-order valence-electron chi connectivity index (χ1n) is 12.9.